The Hall–Kier alpha value is 0.0569. The Labute approximate surface area is 196 Å². The molecule has 188 valence electrons. The van der Waals surface area contributed by atoms with Gasteiger partial charge >= 0.3 is 8.56 Å². The van der Waals surface area contributed by atoms with Crippen molar-refractivity contribution in [3.05, 3.63) is 0 Å². The summed E-state index contributed by atoms with van der Waals surface area (Å²) in [5, 5.41) is 9.57. The first-order valence-electron chi connectivity index (χ1n) is 13.5. The molecule has 4 nitrogen and oxygen atoms in total. The maximum Gasteiger partial charge on any atom is 0.364 e. The minimum absolute atomic E-state index is 0.0482. The van der Waals surface area contributed by atoms with Gasteiger partial charge in [0.2, 0.25) is 0 Å². The van der Waals surface area contributed by atoms with Gasteiger partial charge in [-0.1, -0.05) is 96.8 Å². The van der Waals surface area contributed by atoms with Gasteiger partial charge in [0.1, 0.15) is 0 Å². The third-order valence-electron chi connectivity index (χ3n) is 6.92. The molecule has 1 N–H and O–H groups in total. The van der Waals surface area contributed by atoms with Gasteiger partial charge in [-0.25, -0.2) is 0 Å². The van der Waals surface area contributed by atoms with Crippen molar-refractivity contribution < 1.29 is 18.4 Å². The molecule has 0 saturated carbocycles. The van der Waals surface area contributed by atoms with E-state index in [2.05, 4.69) is 21.0 Å². The van der Waals surface area contributed by atoms with Crippen molar-refractivity contribution in [3.8, 4) is 0 Å². The number of hydrogen-bond acceptors (Lipinski definition) is 3. The molecule has 0 amide bonds. The molecular formula is C26H58NO3Si+. The third-order valence-corrected chi connectivity index (χ3v) is 10.0. The van der Waals surface area contributed by atoms with Crippen LogP contribution in [-0.2, 0) is 8.85 Å². The van der Waals surface area contributed by atoms with E-state index in [9.17, 15) is 5.11 Å². The molecule has 0 heterocycles. The number of unbranched alkanes of at least 4 members (excludes halogenated alkanes) is 15. The number of aliphatic hydroxyl groups excluding tert-OH is 1. The lowest BCUT2D eigenvalue weighted by Crippen LogP contribution is -2.47. The van der Waals surface area contributed by atoms with E-state index in [4.69, 9.17) is 8.85 Å². The van der Waals surface area contributed by atoms with Crippen LogP contribution in [0.15, 0.2) is 0 Å². The molecule has 0 unspecified atom stereocenters. The minimum Gasteiger partial charge on any atom is -0.396 e. The number of quaternary nitrogens is 1. The van der Waals surface area contributed by atoms with Gasteiger partial charge in [-0.3, -0.25) is 0 Å². The van der Waals surface area contributed by atoms with Crippen molar-refractivity contribution in [1.29, 1.82) is 0 Å². The fourth-order valence-corrected chi connectivity index (χ4v) is 6.16. The van der Waals surface area contributed by atoms with Crippen LogP contribution in [0, 0.1) is 0 Å². The lowest BCUT2D eigenvalue weighted by Gasteiger charge is -2.32. The van der Waals surface area contributed by atoms with Crippen LogP contribution in [0.5, 0.6) is 0 Å². The van der Waals surface area contributed by atoms with Crippen LogP contribution in [0.25, 0.3) is 0 Å². The van der Waals surface area contributed by atoms with Crippen LogP contribution in [-0.4, -0.2) is 65.8 Å². The number of nitrogens with zero attached hydrogens (tertiary/aromatic N) is 1. The molecule has 5 heteroatoms. The first-order valence-corrected chi connectivity index (χ1v) is 15.7. The van der Waals surface area contributed by atoms with Crippen LogP contribution < -0.4 is 0 Å². The van der Waals surface area contributed by atoms with Gasteiger partial charge in [0.15, 0.2) is 0 Å². The molecule has 0 aliphatic heterocycles. The van der Waals surface area contributed by atoms with Crippen molar-refractivity contribution in [2.24, 2.45) is 0 Å². The highest BCUT2D eigenvalue weighted by atomic mass is 28.4. The zero-order chi connectivity index (χ0) is 23.3. The van der Waals surface area contributed by atoms with Crippen LogP contribution in [0.3, 0.4) is 0 Å². The molecule has 0 aromatic heterocycles. The van der Waals surface area contributed by atoms with E-state index in [-0.39, 0.29) is 6.23 Å². The summed E-state index contributed by atoms with van der Waals surface area (Å²) in [5.74, 6) is 0. The van der Waals surface area contributed by atoms with Gasteiger partial charge in [0.05, 0.1) is 33.4 Å². The molecule has 0 aromatic carbocycles. The van der Waals surface area contributed by atoms with E-state index in [0.29, 0.717) is 0 Å². The van der Waals surface area contributed by atoms with E-state index >= 15 is 0 Å². The average molecular weight is 461 g/mol. The Morgan fingerprint density at radius 2 is 0.935 bits per heavy atom. The minimum atomic E-state index is -2.35. The summed E-state index contributed by atoms with van der Waals surface area (Å²) in [4.78, 5) is 0. The van der Waals surface area contributed by atoms with Gasteiger partial charge in [0.25, 0.3) is 0 Å². The van der Waals surface area contributed by atoms with Crippen molar-refractivity contribution >= 4 is 8.56 Å². The van der Waals surface area contributed by atoms with Crippen LogP contribution >= 0.6 is 0 Å². The quantitative estimate of drug-likeness (QED) is 0.0959. The molecule has 0 spiro atoms. The fraction of sp³-hybridized carbons (Fsp3) is 1.00. The van der Waals surface area contributed by atoms with Gasteiger partial charge in [-0.15, -0.1) is 0 Å². The molecule has 0 bridgehead atoms. The Kier molecular flexibility index (Phi) is 20.7. The fourth-order valence-electron chi connectivity index (χ4n) is 4.47. The van der Waals surface area contributed by atoms with Crippen molar-refractivity contribution in [2.45, 2.75) is 122 Å². The second-order valence-electron chi connectivity index (χ2n) is 10.3. The van der Waals surface area contributed by atoms with Gasteiger partial charge < -0.3 is 18.4 Å². The van der Waals surface area contributed by atoms with Gasteiger partial charge in [-0.05, 0) is 25.3 Å². The molecule has 0 fully saturated rings. The van der Waals surface area contributed by atoms with E-state index < -0.39 is 8.56 Å². The van der Waals surface area contributed by atoms with Crippen molar-refractivity contribution in [1.82, 2.24) is 0 Å². The van der Waals surface area contributed by atoms with Crippen LogP contribution in [0.4, 0.5) is 0 Å². The summed E-state index contributed by atoms with van der Waals surface area (Å²) in [6.07, 6.45) is 23.9. The first-order chi connectivity index (χ1) is 14.9. The molecule has 0 atom stereocenters. The summed E-state index contributed by atoms with van der Waals surface area (Å²) in [5.41, 5.74) is 0. The SMILES string of the molecule is CCCCCCCCCCCCCCCCCC[N+](C)(C)CCC[Si](CO)(OC)OC. The Balaban J connectivity index is 3.47. The number of rotatable bonds is 24. The standard InChI is InChI=1S/C26H58NO3Si/c1-6-7-8-9-10-11-12-13-14-15-16-17-18-19-20-21-23-27(2,3)24-22-25-31(26-28,29-4)30-5/h28H,6-26H2,1-5H3/q+1. The Morgan fingerprint density at radius 1 is 0.581 bits per heavy atom. The smallest absolute Gasteiger partial charge is 0.364 e. The van der Waals surface area contributed by atoms with E-state index in [1.165, 1.54) is 109 Å². The van der Waals surface area contributed by atoms with Gasteiger partial charge in [-0.2, -0.15) is 0 Å². The van der Waals surface area contributed by atoms with Gasteiger partial charge in [0, 0.05) is 14.2 Å². The molecule has 0 saturated heterocycles. The van der Waals surface area contributed by atoms with E-state index in [1.807, 2.05) is 0 Å². The monoisotopic (exact) mass is 460 g/mol. The second-order valence-corrected chi connectivity index (χ2v) is 13.7. The summed E-state index contributed by atoms with van der Waals surface area (Å²) in [7, 11) is 5.64. The average Bonchev–Trinajstić information content (AvgIpc) is 2.76. The number of hydrogen-bond donors (Lipinski definition) is 1. The first kappa shape index (κ1) is 31.1. The van der Waals surface area contributed by atoms with Crippen LogP contribution in [0.1, 0.15) is 116 Å². The predicted molar refractivity (Wildman–Crippen MR) is 138 cm³/mol. The molecule has 0 rings (SSSR count). The molecule has 0 aliphatic carbocycles. The third kappa shape index (κ3) is 18.2. The van der Waals surface area contributed by atoms with E-state index in [1.54, 1.807) is 14.2 Å². The Bertz CT molecular complexity index is 367. The zero-order valence-corrected chi connectivity index (χ0v) is 23.1. The maximum atomic E-state index is 9.57. The van der Waals surface area contributed by atoms with Crippen LogP contribution in [0.2, 0.25) is 6.04 Å². The normalized spacial score (nSPS) is 12.6. The molecule has 0 aromatic rings. The molecular weight excluding hydrogens is 402 g/mol. The Morgan fingerprint density at radius 3 is 1.29 bits per heavy atom. The summed E-state index contributed by atoms with van der Waals surface area (Å²) >= 11 is 0. The topological polar surface area (TPSA) is 38.7 Å². The summed E-state index contributed by atoms with van der Waals surface area (Å²) < 4.78 is 12.1. The highest BCUT2D eigenvalue weighted by molar-refractivity contribution is 6.67. The predicted octanol–water partition coefficient (Wildman–Crippen LogP) is 6.98. The molecule has 0 aliphatic rings. The summed E-state index contributed by atoms with van der Waals surface area (Å²) in [6, 6.07) is 0.872. The lowest BCUT2D eigenvalue weighted by molar-refractivity contribution is -0.890. The maximum absolute atomic E-state index is 9.57. The van der Waals surface area contributed by atoms with Crippen molar-refractivity contribution in [2.75, 3.05) is 47.6 Å². The van der Waals surface area contributed by atoms with Crippen molar-refractivity contribution in [3.63, 3.8) is 0 Å². The summed E-state index contributed by atoms with van der Waals surface area (Å²) in [6.45, 7) is 4.66. The highest BCUT2D eigenvalue weighted by Crippen LogP contribution is 2.17. The molecule has 0 radical (unpaired) electrons. The van der Waals surface area contributed by atoms with E-state index in [0.717, 1.165) is 23.5 Å². The largest absolute Gasteiger partial charge is 0.396 e. The zero-order valence-electron chi connectivity index (χ0n) is 22.1. The number of aliphatic hydroxyl groups is 1. The highest BCUT2D eigenvalue weighted by Gasteiger charge is 2.35. The lowest BCUT2D eigenvalue weighted by atomic mass is 10.0. The second kappa shape index (κ2) is 20.6. The molecule has 31 heavy (non-hydrogen) atoms.